The van der Waals surface area contributed by atoms with Crippen molar-refractivity contribution in [3.8, 4) is 0 Å². The molecule has 0 aliphatic heterocycles. The summed E-state index contributed by atoms with van der Waals surface area (Å²) in [6.07, 6.45) is 4.92. The molecule has 0 bridgehead atoms. The van der Waals surface area contributed by atoms with Crippen LogP contribution < -0.4 is 16.0 Å². The SMILES string of the molecule is O=C(CNC(=O)NC(Cc1cnc[nH]1)C(=O)O)NC1CC1. The zero-order chi connectivity index (χ0) is 15.2. The summed E-state index contributed by atoms with van der Waals surface area (Å²) in [6, 6.07) is -1.58. The lowest BCUT2D eigenvalue weighted by Crippen LogP contribution is -2.49. The third-order valence-electron chi connectivity index (χ3n) is 2.93. The molecule has 1 unspecified atom stereocenters. The second-order valence-electron chi connectivity index (χ2n) is 4.84. The standard InChI is InChI=1S/C12H17N5O4/c18-10(16-7-1-2-7)5-14-12(21)17-9(11(19)20)3-8-4-13-6-15-8/h4,6-7,9H,1-3,5H2,(H,13,15)(H,16,18)(H,19,20)(H2,14,17,21). The van der Waals surface area contributed by atoms with Gasteiger partial charge in [-0.2, -0.15) is 0 Å². The van der Waals surface area contributed by atoms with Crippen molar-refractivity contribution < 1.29 is 19.5 Å². The van der Waals surface area contributed by atoms with E-state index in [1.54, 1.807) is 0 Å². The van der Waals surface area contributed by atoms with E-state index in [0.717, 1.165) is 12.8 Å². The number of aliphatic carboxylic acids is 1. The minimum absolute atomic E-state index is 0.0804. The Kier molecular flexibility index (Phi) is 4.75. The molecular weight excluding hydrogens is 278 g/mol. The predicted octanol–water partition coefficient (Wildman–Crippen LogP) is -1.02. The highest BCUT2D eigenvalue weighted by atomic mass is 16.4. The number of aromatic nitrogens is 2. The molecule has 0 radical (unpaired) electrons. The maximum atomic E-state index is 11.6. The van der Waals surface area contributed by atoms with E-state index in [0.29, 0.717) is 5.69 Å². The number of nitrogens with zero attached hydrogens (tertiary/aromatic N) is 1. The molecule has 9 heteroatoms. The van der Waals surface area contributed by atoms with Gasteiger partial charge in [-0.1, -0.05) is 0 Å². The van der Waals surface area contributed by atoms with Crippen LogP contribution in [0.3, 0.4) is 0 Å². The number of H-pyrrole nitrogens is 1. The Morgan fingerprint density at radius 2 is 2.19 bits per heavy atom. The lowest BCUT2D eigenvalue weighted by Gasteiger charge is -2.14. The summed E-state index contributed by atoms with van der Waals surface area (Å²) in [4.78, 5) is 40.6. The molecule has 1 fully saturated rings. The zero-order valence-electron chi connectivity index (χ0n) is 11.3. The molecule has 1 aromatic heterocycles. The summed E-state index contributed by atoms with van der Waals surface area (Å²) in [5.41, 5.74) is 0.592. The first-order chi connectivity index (χ1) is 10.0. The minimum Gasteiger partial charge on any atom is -0.480 e. The van der Waals surface area contributed by atoms with Crippen LogP contribution in [0.4, 0.5) is 4.79 Å². The van der Waals surface area contributed by atoms with Gasteiger partial charge in [-0.05, 0) is 12.8 Å². The van der Waals surface area contributed by atoms with Gasteiger partial charge in [0, 0.05) is 24.4 Å². The van der Waals surface area contributed by atoms with Crippen molar-refractivity contribution in [2.24, 2.45) is 0 Å². The van der Waals surface area contributed by atoms with Crippen LogP contribution >= 0.6 is 0 Å². The molecular formula is C12H17N5O4. The number of hydrogen-bond acceptors (Lipinski definition) is 4. The lowest BCUT2D eigenvalue weighted by molar-refractivity contribution is -0.139. The average molecular weight is 295 g/mol. The third kappa shape index (κ3) is 5.13. The number of carbonyl (C=O) groups excluding carboxylic acids is 2. The second kappa shape index (κ2) is 6.73. The number of carboxylic acids is 1. The number of hydrogen-bond donors (Lipinski definition) is 5. The van der Waals surface area contributed by atoms with Crippen LogP contribution in [0.2, 0.25) is 0 Å². The summed E-state index contributed by atoms with van der Waals surface area (Å²) in [5.74, 6) is -1.45. The fourth-order valence-electron chi connectivity index (χ4n) is 1.69. The quantitative estimate of drug-likeness (QED) is 0.439. The molecule has 9 nitrogen and oxygen atoms in total. The van der Waals surface area contributed by atoms with Gasteiger partial charge in [-0.15, -0.1) is 0 Å². The number of carbonyl (C=O) groups is 3. The molecule has 1 atom stereocenters. The van der Waals surface area contributed by atoms with Crippen molar-refractivity contribution >= 4 is 17.9 Å². The van der Waals surface area contributed by atoms with Crippen LogP contribution in [0.15, 0.2) is 12.5 Å². The smallest absolute Gasteiger partial charge is 0.326 e. The highest BCUT2D eigenvalue weighted by Crippen LogP contribution is 2.18. The van der Waals surface area contributed by atoms with Crippen molar-refractivity contribution in [2.45, 2.75) is 31.3 Å². The zero-order valence-corrected chi connectivity index (χ0v) is 11.3. The Balaban J connectivity index is 1.74. The van der Waals surface area contributed by atoms with Crippen molar-refractivity contribution in [3.05, 3.63) is 18.2 Å². The number of imidazole rings is 1. The molecule has 5 N–H and O–H groups in total. The van der Waals surface area contributed by atoms with Crippen LogP contribution in [0, 0.1) is 0 Å². The van der Waals surface area contributed by atoms with Crippen LogP contribution in [-0.4, -0.2) is 51.6 Å². The molecule has 0 saturated heterocycles. The summed E-state index contributed by atoms with van der Waals surface area (Å²) in [6.45, 7) is -0.182. The van der Waals surface area contributed by atoms with E-state index in [9.17, 15) is 14.4 Å². The van der Waals surface area contributed by atoms with Gasteiger partial charge in [-0.25, -0.2) is 14.6 Å². The molecule has 1 aliphatic rings. The molecule has 21 heavy (non-hydrogen) atoms. The van der Waals surface area contributed by atoms with Gasteiger partial charge in [-0.3, -0.25) is 4.79 Å². The van der Waals surface area contributed by atoms with E-state index in [1.807, 2.05) is 0 Å². The summed E-state index contributed by atoms with van der Waals surface area (Å²) < 4.78 is 0. The first kappa shape index (κ1) is 14.8. The van der Waals surface area contributed by atoms with Gasteiger partial charge in [0.15, 0.2) is 0 Å². The monoisotopic (exact) mass is 295 g/mol. The number of aromatic amines is 1. The van der Waals surface area contributed by atoms with Crippen LogP contribution in [0.1, 0.15) is 18.5 Å². The first-order valence-corrected chi connectivity index (χ1v) is 6.58. The number of carboxylic acid groups (broad SMARTS) is 1. The van der Waals surface area contributed by atoms with E-state index < -0.39 is 18.0 Å². The fourth-order valence-corrected chi connectivity index (χ4v) is 1.69. The molecule has 1 aliphatic carbocycles. The molecule has 1 saturated carbocycles. The van der Waals surface area contributed by atoms with Crippen molar-refractivity contribution in [2.75, 3.05) is 6.54 Å². The minimum atomic E-state index is -1.16. The van der Waals surface area contributed by atoms with Gasteiger partial charge in [0.1, 0.15) is 6.04 Å². The maximum absolute atomic E-state index is 11.6. The lowest BCUT2D eigenvalue weighted by atomic mass is 10.2. The summed E-state index contributed by atoms with van der Waals surface area (Å²) in [5, 5.41) is 16.4. The number of urea groups is 1. The molecule has 1 heterocycles. The summed E-state index contributed by atoms with van der Waals surface area (Å²) >= 11 is 0. The largest absolute Gasteiger partial charge is 0.480 e. The van der Waals surface area contributed by atoms with Crippen LogP contribution in [-0.2, 0) is 16.0 Å². The Bertz CT molecular complexity index is 512. The van der Waals surface area contributed by atoms with Gasteiger partial charge in [0.25, 0.3) is 0 Å². The molecule has 0 aromatic carbocycles. The Morgan fingerprint density at radius 1 is 1.43 bits per heavy atom. The van der Waals surface area contributed by atoms with Crippen LogP contribution in [0.25, 0.3) is 0 Å². The fraction of sp³-hybridized carbons (Fsp3) is 0.500. The second-order valence-corrected chi connectivity index (χ2v) is 4.84. The van der Waals surface area contributed by atoms with Gasteiger partial charge in [0.2, 0.25) is 5.91 Å². The topological polar surface area (TPSA) is 136 Å². The highest BCUT2D eigenvalue weighted by Gasteiger charge is 2.24. The average Bonchev–Trinajstić information content (AvgIpc) is 3.09. The molecule has 1 aromatic rings. The van der Waals surface area contributed by atoms with Crippen molar-refractivity contribution in [1.29, 1.82) is 0 Å². The van der Waals surface area contributed by atoms with E-state index in [-0.39, 0.29) is 24.9 Å². The summed E-state index contributed by atoms with van der Waals surface area (Å²) in [7, 11) is 0. The van der Waals surface area contributed by atoms with Gasteiger partial charge < -0.3 is 26.0 Å². The molecule has 2 rings (SSSR count). The first-order valence-electron chi connectivity index (χ1n) is 6.58. The van der Waals surface area contributed by atoms with E-state index in [2.05, 4.69) is 25.9 Å². The third-order valence-corrected chi connectivity index (χ3v) is 2.93. The molecule has 0 spiro atoms. The van der Waals surface area contributed by atoms with Gasteiger partial charge >= 0.3 is 12.0 Å². The molecule has 3 amide bonds. The van der Waals surface area contributed by atoms with Crippen LogP contribution in [0.5, 0.6) is 0 Å². The number of nitrogens with one attached hydrogen (secondary N) is 4. The van der Waals surface area contributed by atoms with Gasteiger partial charge in [0.05, 0.1) is 12.9 Å². The number of rotatable bonds is 7. The normalized spacial score (nSPS) is 15.0. The predicted molar refractivity (Wildman–Crippen MR) is 71.4 cm³/mol. The van der Waals surface area contributed by atoms with E-state index in [1.165, 1.54) is 12.5 Å². The highest BCUT2D eigenvalue weighted by molar-refractivity contribution is 5.86. The van der Waals surface area contributed by atoms with Crippen molar-refractivity contribution in [1.82, 2.24) is 25.9 Å². The van der Waals surface area contributed by atoms with Crippen molar-refractivity contribution in [3.63, 3.8) is 0 Å². The number of amides is 3. The van der Waals surface area contributed by atoms with E-state index in [4.69, 9.17) is 5.11 Å². The van der Waals surface area contributed by atoms with E-state index >= 15 is 0 Å². The maximum Gasteiger partial charge on any atom is 0.326 e. The molecule has 114 valence electrons. The Hall–Kier alpha value is -2.58. The Morgan fingerprint density at radius 3 is 2.76 bits per heavy atom. The Labute approximate surface area is 120 Å².